The number of rotatable bonds is 3. The van der Waals surface area contributed by atoms with E-state index in [1.807, 2.05) is 37.3 Å². The van der Waals surface area contributed by atoms with Crippen LogP contribution in [-0.2, 0) is 6.54 Å². The number of anilines is 1. The standard InChI is InChI=1S/C17H14BrN3O2/c1-2-21-14-10-6-5-9-13(14)19-15(17(21)23)16(22)20-12-8-4-3-7-11(12)18/h3-10H,2H2,1H3,(H,20,22). The van der Waals surface area contributed by atoms with Gasteiger partial charge < -0.3 is 9.88 Å². The highest BCUT2D eigenvalue weighted by Crippen LogP contribution is 2.21. The van der Waals surface area contributed by atoms with Gasteiger partial charge in [-0.25, -0.2) is 4.98 Å². The van der Waals surface area contributed by atoms with Crippen molar-refractivity contribution in [2.75, 3.05) is 5.32 Å². The van der Waals surface area contributed by atoms with E-state index in [-0.39, 0.29) is 5.69 Å². The Morgan fingerprint density at radius 1 is 1.17 bits per heavy atom. The number of hydrogen-bond acceptors (Lipinski definition) is 3. The van der Waals surface area contributed by atoms with Gasteiger partial charge in [0.1, 0.15) is 0 Å². The monoisotopic (exact) mass is 371 g/mol. The summed E-state index contributed by atoms with van der Waals surface area (Å²) in [5.74, 6) is -0.519. The maximum Gasteiger partial charge on any atom is 0.282 e. The third-order valence-corrected chi connectivity index (χ3v) is 4.20. The van der Waals surface area contributed by atoms with E-state index in [4.69, 9.17) is 0 Å². The van der Waals surface area contributed by atoms with Crippen molar-refractivity contribution in [3.63, 3.8) is 0 Å². The van der Waals surface area contributed by atoms with E-state index in [2.05, 4.69) is 26.2 Å². The van der Waals surface area contributed by atoms with Gasteiger partial charge in [-0.2, -0.15) is 0 Å². The predicted molar refractivity (Wildman–Crippen MR) is 93.8 cm³/mol. The lowest BCUT2D eigenvalue weighted by atomic mass is 10.2. The van der Waals surface area contributed by atoms with Crippen molar-refractivity contribution >= 4 is 38.6 Å². The minimum Gasteiger partial charge on any atom is -0.319 e. The number of fused-ring (bicyclic) bond motifs is 1. The number of para-hydroxylation sites is 3. The van der Waals surface area contributed by atoms with Crippen molar-refractivity contribution in [1.82, 2.24) is 9.55 Å². The first-order chi connectivity index (χ1) is 11.1. The van der Waals surface area contributed by atoms with E-state index in [1.54, 1.807) is 22.8 Å². The molecule has 3 rings (SSSR count). The van der Waals surface area contributed by atoms with Crippen LogP contribution in [0.15, 0.2) is 57.8 Å². The SMILES string of the molecule is CCn1c(=O)c(C(=O)Nc2ccccc2Br)nc2ccccc21. The van der Waals surface area contributed by atoms with Crippen molar-refractivity contribution in [3.8, 4) is 0 Å². The van der Waals surface area contributed by atoms with E-state index in [9.17, 15) is 9.59 Å². The highest BCUT2D eigenvalue weighted by molar-refractivity contribution is 9.10. The number of benzene rings is 2. The van der Waals surface area contributed by atoms with Gasteiger partial charge in [-0.05, 0) is 47.1 Å². The van der Waals surface area contributed by atoms with E-state index in [0.717, 1.165) is 9.99 Å². The lowest BCUT2D eigenvalue weighted by Gasteiger charge is -2.11. The van der Waals surface area contributed by atoms with E-state index in [0.29, 0.717) is 17.7 Å². The molecule has 0 saturated heterocycles. The molecule has 0 atom stereocenters. The molecule has 2 aromatic carbocycles. The first kappa shape index (κ1) is 15.4. The van der Waals surface area contributed by atoms with Crippen LogP contribution >= 0.6 is 15.9 Å². The molecule has 5 nitrogen and oxygen atoms in total. The Hall–Kier alpha value is -2.47. The molecule has 1 amide bonds. The molecule has 0 bridgehead atoms. The van der Waals surface area contributed by atoms with Crippen LogP contribution in [0.4, 0.5) is 5.69 Å². The van der Waals surface area contributed by atoms with Crippen LogP contribution in [0, 0.1) is 0 Å². The number of carbonyl (C=O) groups is 1. The zero-order valence-corrected chi connectivity index (χ0v) is 14.0. The van der Waals surface area contributed by atoms with Gasteiger partial charge in [0.2, 0.25) is 0 Å². The largest absolute Gasteiger partial charge is 0.319 e. The molecule has 1 N–H and O–H groups in total. The second kappa shape index (κ2) is 6.34. The van der Waals surface area contributed by atoms with Crippen molar-refractivity contribution < 1.29 is 4.79 Å². The average molecular weight is 372 g/mol. The number of nitrogens with one attached hydrogen (secondary N) is 1. The first-order valence-corrected chi connectivity index (χ1v) is 7.96. The average Bonchev–Trinajstić information content (AvgIpc) is 2.56. The summed E-state index contributed by atoms with van der Waals surface area (Å²) in [6.45, 7) is 2.33. The van der Waals surface area contributed by atoms with Gasteiger partial charge in [-0.1, -0.05) is 24.3 Å². The van der Waals surface area contributed by atoms with Gasteiger partial charge in [0.25, 0.3) is 11.5 Å². The molecule has 3 aromatic rings. The van der Waals surface area contributed by atoms with Gasteiger partial charge in [0.15, 0.2) is 5.69 Å². The minimum atomic E-state index is -0.519. The second-order valence-electron chi connectivity index (χ2n) is 4.93. The summed E-state index contributed by atoms with van der Waals surface area (Å²) in [4.78, 5) is 29.3. The Labute approximate surface area is 141 Å². The summed E-state index contributed by atoms with van der Waals surface area (Å²) in [6.07, 6.45) is 0. The number of halogens is 1. The summed E-state index contributed by atoms with van der Waals surface area (Å²) in [6, 6.07) is 14.5. The van der Waals surface area contributed by atoms with Gasteiger partial charge in [-0.15, -0.1) is 0 Å². The highest BCUT2D eigenvalue weighted by atomic mass is 79.9. The molecule has 0 aliphatic carbocycles. The predicted octanol–water partition coefficient (Wildman–Crippen LogP) is 3.43. The zero-order chi connectivity index (χ0) is 16.4. The molecular weight excluding hydrogens is 358 g/mol. The van der Waals surface area contributed by atoms with E-state index >= 15 is 0 Å². The molecule has 0 aliphatic rings. The summed E-state index contributed by atoms with van der Waals surface area (Å²) in [7, 11) is 0. The quantitative estimate of drug-likeness (QED) is 0.766. The van der Waals surface area contributed by atoms with Crippen molar-refractivity contribution in [3.05, 3.63) is 69.1 Å². The van der Waals surface area contributed by atoms with Crippen LogP contribution in [0.5, 0.6) is 0 Å². The van der Waals surface area contributed by atoms with Crippen molar-refractivity contribution in [2.24, 2.45) is 0 Å². The molecule has 6 heteroatoms. The number of hydrogen-bond donors (Lipinski definition) is 1. The number of aryl methyl sites for hydroxylation is 1. The molecule has 0 unspecified atom stereocenters. The Morgan fingerprint density at radius 3 is 2.61 bits per heavy atom. The fraction of sp³-hybridized carbons (Fsp3) is 0.118. The van der Waals surface area contributed by atoms with E-state index in [1.165, 1.54) is 0 Å². The molecule has 0 spiro atoms. The fourth-order valence-electron chi connectivity index (χ4n) is 2.40. The maximum atomic E-state index is 12.6. The number of carbonyl (C=O) groups excluding carboxylic acids is 1. The van der Waals surface area contributed by atoms with Crippen LogP contribution in [0.3, 0.4) is 0 Å². The van der Waals surface area contributed by atoms with Crippen molar-refractivity contribution in [2.45, 2.75) is 13.5 Å². The summed E-state index contributed by atoms with van der Waals surface area (Å²) in [5, 5.41) is 2.72. The third-order valence-electron chi connectivity index (χ3n) is 3.51. The summed E-state index contributed by atoms with van der Waals surface area (Å²) >= 11 is 3.37. The molecular formula is C17H14BrN3O2. The molecule has 1 aromatic heterocycles. The molecule has 23 heavy (non-hydrogen) atoms. The Balaban J connectivity index is 2.09. The van der Waals surface area contributed by atoms with Crippen LogP contribution in [0.25, 0.3) is 11.0 Å². The van der Waals surface area contributed by atoms with Gasteiger partial charge in [0, 0.05) is 11.0 Å². The maximum absolute atomic E-state index is 12.6. The Morgan fingerprint density at radius 2 is 1.87 bits per heavy atom. The van der Waals surface area contributed by atoms with Crippen LogP contribution in [0.1, 0.15) is 17.4 Å². The number of aromatic nitrogens is 2. The Bertz CT molecular complexity index is 950. The van der Waals surface area contributed by atoms with Crippen LogP contribution in [-0.4, -0.2) is 15.5 Å². The first-order valence-electron chi connectivity index (χ1n) is 7.17. The molecule has 0 aliphatic heterocycles. The lowest BCUT2D eigenvalue weighted by molar-refractivity contribution is 0.102. The fourth-order valence-corrected chi connectivity index (χ4v) is 2.78. The van der Waals surface area contributed by atoms with Crippen molar-refractivity contribution in [1.29, 1.82) is 0 Å². The van der Waals surface area contributed by atoms with Gasteiger partial charge in [0.05, 0.1) is 16.7 Å². The minimum absolute atomic E-state index is 0.110. The number of amides is 1. The molecule has 0 fully saturated rings. The Kier molecular flexibility index (Phi) is 4.25. The van der Waals surface area contributed by atoms with E-state index < -0.39 is 11.5 Å². The molecule has 0 saturated carbocycles. The lowest BCUT2D eigenvalue weighted by Crippen LogP contribution is -2.31. The molecule has 1 heterocycles. The third kappa shape index (κ3) is 2.90. The summed E-state index contributed by atoms with van der Waals surface area (Å²) < 4.78 is 2.29. The molecule has 116 valence electrons. The number of nitrogens with zero attached hydrogens (tertiary/aromatic N) is 2. The topological polar surface area (TPSA) is 64.0 Å². The summed E-state index contributed by atoms with van der Waals surface area (Å²) in [5.41, 5.74) is 1.43. The van der Waals surface area contributed by atoms with Crippen LogP contribution < -0.4 is 10.9 Å². The van der Waals surface area contributed by atoms with Gasteiger partial charge in [-0.3, -0.25) is 9.59 Å². The second-order valence-corrected chi connectivity index (χ2v) is 5.79. The highest BCUT2D eigenvalue weighted by Gasteiger charge is 2.17. The normalized spacial score (nSPS) is 10.7. The smallest absolute Gasteiger partial charge is 0.282 e. The van der Waals surface area contributed by atoms with Gasteiger partial charge >= 0.3 is 0 Å². The molecule has 0 radical (unpaired) electrons. The zero-order valence-electron chi connectivity index (χ0n) is 12.4. The van der Waals surface area contributed by atoms with Crippen LogP contribution in [0.2, 0.25) is 0 Å².